The number of benzene rings is 1. The Morgan fingerprint density at radius 2 is 1.83 bits per heavy atom. The zero-order valence-corrected chi connectivity index (χ0v) is 18.7. The molecule has 1 aliphatic rings. The number of carbonyl (C=O) groups excluding carboxylic acids is 2. The topological polar surface area (TPSA) is 59.1 Å². The summed E-state index contributed by atoms with van der Waals surface area (Å²) in [5.41, 5.74) is 0.639. The van der Waals surface area contributed by atoms with E-state index in [9.17, 15) is 9.59 Å². The van der Waals surface area contributed by atoms with Crippen molar-refractivity contribution in [3.63, 3.8) is 0 Å². The van der Waals surface area contributed by atoms with Crippen molar-refractivity contribution in [2.75, 3.05) is 26.7 Å². The minimum Gasteiger partial charge on any atom is -0.483 e. The van der Waals surface area contributed by atoms with E-state index in [0.717, 1.165) is 30.6 Å². The molecule has 0 N–H and O–H groups in total. The Kier molecular flexibility index (Phi) is 7.94. The Morgan fingerprint density at radius 3 is 2.41 bits per heavy atom. The average Bonchev–Trinajstić information content (AvgIpc) is 2.70. The van der Waals surface area contributed by atoms with Gasteiger partial charge in [0, 0.05) is 26.2 Å². The summed E-state index contributed by atoms with van der Waals surface area (Å²) >= 11 is 0. The van der Waals surface area contributed by atoms with Gasteiger partial charge in [-0.25, -0.2) is 4.79 Å². The third-order valence-corrected chi connectivity index (χ3v) is 5.47. The third-order valence-electron chi connectivity index (χ3n) is 5.47. The molecule has 1 unspecified atom stereocenters. The Labute approximate surface area is 175 Å². The standard InChI is InChI=1S/C23H36N2O4/c1-7-17(2)19-10-8-9-11-20(19)28-16-21(26)24(6)18-12-14-25(15-13-18)22(27)29-23(3,4)5/h8-11,17-18H,7,12-16H2,1-6H3. The number of likely N-dealkylation sites (N-methyl/N-ethyl adjacent to an activating group) is 1. The fourth-order valence-corrected chi connectivity index (χ4v) is 3.45. The minimum atomic E-state index is -0.496. The van der Waals surface area contributed by atoms with Crippen LogP contribution in [0.2, 0.25) is 0 Å². The Balaban J connectivity index is 1.85. The first-order chi connectivity index (χ1) is 13.6. The Hall–Kier alpha value is -2.24. The second kappa shape index (κ2) is 9.99. The highest BCUT2D eigenvalue weighted by Crippen LogP contribution is 2.28. The van der Waals surface area contributed by atoms with Crippen LogP contribution in [0.3, 0.4) is 0 Å². The first-order valence-electron chi connectivity index (χ1n) is 10.6. The second-order valence-corrected chi connectivity index (χ2v) is 8.84. The van der Waals surface area contributed by atoms with Gasteiger partial charge in [-0.2, -0.15) is 0 Å². The van der Waals surface area contributed by atoms with Gasteiger partial charge in [-0.15, -0.1) is 0 Å². The molecule has 1 aliphatic heterocycles. The first-order valence-corrected chi connectivity index (χ1v) is 10.6. The van der Waals surface area contributed by atoms with Gasteiger partial charge in [-0.3, -0.25) is 4.79 Å². The number of hydrogen-bond acceptors (Lipinski definition) is 4. The molecule has 1 fully saturated rings. The van der Waals surface area contributed by atoms with Crippen LogP contribution in [0.15, 0.2) is 24.3 Å². The van der Waals surface area contributed by atoms with Gasteiger partial charge in [0.2, 0.25) is 0 Å². The summed E-state index contributed by atoms with van der Waals surface area (Å²) in [6.07, 6.45) is 2.22. The van der Waals surface area contributed by atoms with Gasteiger partial charge in [-0.05, 0) is 57.6 Å². The SMILES string of the molecule is CCC(C)c1ccccc1OCC(=O)N(C)C1CCN(C(=O)OC(C)(C)C)CC1. The summed E-state index contributed by atoms with van der Waals surface area (Å²) in [7, 11) is 1.82. The molecule has 0 spiro atoms. The number of carbonyl (C=O) groups is 2. The van der Waals surface area contributed by atoms with Crippen molar-refractivity contribution in [3.05, 3.63) is 29.8 Å². The molecule has 0 saturated carbocycles. The maximum Gasteiger partial charge on any atom is 0.410 e. The number of ether oxygens (including phenoxy) is 2. The third kappa shape index (κ3) is 6.65. The van der Waals surface area contributed by atoms with Crippen molar-refractivity contribution in [2.45, 2.75) is 71.4 Å². The van der Waals surface area contributed by atoms with Gasteiger partial charge in [0.05, 0.1) is 0 Å². The van der Waals surface area contributed by atoms with Crippen molar-refractivity contribution in [1.29, 1.82) is 0 Å². The van der Waals surface area contributed by atoms with E-state index in [0.29, 0.717) is 19.0 Å². The highest BCUT2D eigenvalue weighted by Gasteiger charge is 2.30. The second-order valence-electron chi connectivity index (χ2n) is 8.84. The largest absolute Gasteiger partial charge is 0.483 e. The molecule has 6 heteroatoms. The molecule has 1 saturated heterocycles. The Morgan fingerprint density at radius 1 is 1.21 bits per heavy atom. The summed E-state index contributed by atoms with van der Waals surface area (Å²) in [5, 5.41) is 0. The molecule has 29 heavy (non-hydrogen) atoms. The van der Waals surface area contributed by atoms with Gasteiger partial charge >= 0.3 is 6.09 Å². The molecule has 1 heterocycles. The smallest absolute Gasteiger partial charge is 0.410 e. The molecule has 1 aromatic carbocycles. The van der Waals surface area contributed by atoms with Gasteiger partial charge in [0.1, 0.15) is 11.4 Å². The summed E-state index contributed by atoms with van der Waals surface area (Å²) in [6, 6.07) is 8.02. The zero-order valence-electron chi connectivity index (χ0n) is 18.7. The van der Waals surface area contributed by atoms with E-state index < -0.39 is 5.60 Å². The number of piperidine rings is 1. The van der Waals surface area contributed by atoms with E-state index >= 15 is 0 Å². The van der Waals surface area contributed by atoms with Crippen LogP contribution in [0.4, 0.5) is 4.79 Å². The number of amides is 2. The molecule has 1 atom stereocenters. The van der Waals surface area contributed by atoms with Crippen LogP contribution in [0, 0.1) is 0 Å². The summed E-state index contributed by atoms with van der Waals surface area (Å²) < 4.78 is 11.3. The predicted molar refractivity (Wildman–Crippen MR) is 114 cm³/mol. The molecule has 0 aromatic heterocycles. The summed E-state index contributed by atoms with van der Waals surface area (Å²) in [5.74, 6) is 1.12. The molecule has 0 aliphatic carbocycles. The fraction of sp³-hybridized carbons (Fsp3) is 0.652. The lowest BCUT2D eigenvalue weighted by Gasteiger charge is -2.37. The van der Waals surface area contributed by atoms with E-state index in [4.69, 9.17) is 9.47 Å². The van der Waals surface area contributed by atoms with Crippen LogP contribution in [0.25, 0.3) is 0 Å². The molecular formula is C23H36N2O4. The van der Waals surface area contributed by atoms with E-state index in [1.165, 1.54) is 0 Å². The lowest BCUT2D eigenvalue weighted by atomic mass is 9.98. The van der Waals surface area contributed by atoms with E-state index in [-0.39, 0.29) is 24.6 Å². The van der Waals surface area contributed by atoms with Gasteiger partial charge in [-0.1, -0.05) is 32.0 Å². The van der Waals surface area contributed by atoms with Crippen LogP contribution >= 0.6 is 0 Å². The minimum absolute atomic E-state index is 0.0240. The summed E-state index contributed by atoms with van der Waals surface area (Å²) in [4.78, 5) is 28.3. The van der Waals surface area contributed by atoms with Crippen molar-refractivity contribution in [2.24, 2.45) is 0 Å². The van der Waals surface area contributed by atoms with Gasteiger partial charge in [0.25, 0.3) is 5.91 Å². The lowest BCUT2D eigenvalue weighted by Crippen LogP contribution is -2.49. The van der Waals surface area contributed by atoms with Crippen LogP contribution in [0.1, 0.15) is 65.4 Å². The number of likely N-dealkylation sites (tertiary alicyclic amines) is 1. The molecule has 1 aromatic rings. The van der Waals surface area contributed by atoms with E-state index in [1.807, 2.05) is 46.0 Å². The molecular weight excluding hydrogens is 368 g/mol. The zero-order chi connectivity index (χ0) is 21.6. The van der Waals surface area contributed by atoms with Gasteiger partial charge < -0.3 is 19.3 Å². The molecule has 2 rings (SSSR count). The lowest BCUT2D eigenvalue weighted by molar-refractivity contribution is -0.134. The predicted octanol–water partition coefficient (Wildman–Crippen LogP) is 4.44. The summed E-state index contributed by atoms with van der Waals surface area (Å²) in [6.45, 7) is 11.1. The van der Waals surface area contributed by atoms with Crippen molar-refractivity contribution in [3.8, 4) is 5.75 Å². The quantitative estimate of drug-likeness (QED) is 0.703. The average molecular weight is 405 g/mol. The Bertz CT molecular complexity index is 690. The van der Waals surface area contributed by atoms with Crippen molar-refractivity contribution >= 4 is 12.0 Å². The molecule has 0 bridgehead atoms. The molecule has 2 amide bonds. The monoisotopic (exact) mass is 404 g/mol. The fourth-order valence-electron chi connectivity index (χ4n) is 3.45. The van der Waals surface area contributed by atoms with Crippen LogP contribution in [0.5, 0.6) is 5.75 Å². The molecule has 6 nitrogen and oxygen atoms in total. The highest BCUT2D eigenvalue weighted by atomic mass is 16.6. The van der Waals surface area contributed by atoms with Gasteiger partial charge in [0.15, 0.2) is 6.61 Å². The molecule has 162 valence electrons. The highest BCUT2D eigenvalue weighted by molar-refractivity contribution is 5.78. The van der Waals surface area contributed by atoms with Crippen LogP contribution in [-0.2, 0) is 9.53 Å². The number of nitrogens with zero attached hydrogens (tertiary/aromatic N) is 2. The number of rotatable bonds is 6. The molecule has 0 radical (unpaired) electrons. The van der Waals surface area contributed by atoms with Crippen LogP contribution in [-0.4, -0.2) is 60.2 Å². The van der Waals surface area contributed by atoms with Crippen molar-refractivity contribution in [1.82, 2.24) is 9.80 Å². The van der Waals surface area contributed by atoms with Crippen molar-refractivity contribution < 1.29 is 19.1 Å². The number of para-hydroxylation sites is 1. The maximum atomic E-state index is 12.7. The first kappa shape index (κ1) is 23.0. The van der Waals surface area contributed by atoms with E-state index in [2.05, 4.69) is 19.9 Å². The maximum absolute atomic E-state index is 12.7. The number of hydrogen-bond donors (Lipinski definition) is 0. The van der Waals surface area contributed by atoms with Crippen LogP contribution < -0.4 is 4.74 Å². The normalized spacial score (nSPS) is 16.3. The van der Waals surface area contributed by atoms with E-state index in [1.54, 1.807) is 9.80 Å².